The van der Waals surface area contributed by atoms with Gasteiger partial charge in [0.1, 0.15) is 24.2 Å². The first-order chi connectivity index (χ1) is 16.4. The number of H-pyrrole nitrogens is 1. The molecule has 3 amide bonds. The number of hydrogen-bond donors (Lipinski definition) is 5. The number of benzene rings is 1. The molecule has 2 heterocycles. The van der Waals surface area contributed by atoms with Gasteiger partial charge in [0, 0.05) is 17.8 Å². The van der Waals surface area contributed by atoms with Crippen LogP contribution in [0.5, 0.6) is 0 Å². The number of nitrogens with one attached hydrogen (secondary N) is 4. The fourth-order valence-corrected chi connectivity index (χ4v) is 4.39. The number of amides is 3. The summed E-state index contributed by atoms with van der Waals surface area (Å²) < 4.78 is 14.0. The van der Waals surface area contributed by atoms with Crippen LogP contribution in [0.2, 0.25) is 0 Å². The minimum atomic E-state index is -1.04. The molecular weight excluding hydrogens is 443 g/mol. The zero-order valence-electron chi connectivity index (χ0n) is 18.7. The van der Waals surface area contributed by atoms with Crippen molar-refractivity contribution in [3.05, 3.63) is 35.8 Å². The summed E-state index contributed by atoms with van der Waals surface area (Å²) >= 11 is 0. The van der Waals surface area contributed by atoms with Crippen molar-refractivity contribution in [2.24, 2.45) is 11.8 Å². The molecule has 3 atom stereocenters. The third-order valence-corrected chi connectivity index (χ3v) is 6.52. The lowest BCUT2D eigenvalue weighted by molar-refractivity contribution is -0.132. The number of rotatable bonds is 10. The number of Topliss-reactive ketones (excluding diaryl/α,β-unsaturated/α-hetero) is 1. The molecule has 9 nitrogen and oxygen atoms in total. The van der Waals surface area contributed by atoms with E-state index in [-0.39, 0.29) is 29.5 Å². The lowest BCUT2D eigenvalue weighted by Gasteiger charge is -2.27. The average molecular weight is 473 g/mol. The fourth-order valence-electron chi connectivity index (χ4n) is 4.39. The average Bonchev–Trinajstić information content (AvgIpc) is 3.53. The normalized spacial score (nSPS) is 19.8. The maximum atomic E-state index is 14.0. The lowest BCUT2D eigenvalue weighted by Crippen LogP contribution is -2.53. The predicted octanol–water partition coefficient (Wildman–Crippen LogP) is 1.17. The molecule has 0 spiro atoms. The summed E-state index contributed by atoms with van der Waals surface area (Å²) in [7, 11) is 0. The summed E-state index contributed by atoms with van der Waals surface area (Å²) in [5.74, 6) is -2.52. The van der Waals surface area contributed by atoms with Gasteiger partial charge in [-0.2, -0.15) is 0 Å². The second-order valence-electron chi connectivity index (χ2n) is 9.14. The molecular formula is C24H29FN4O5. The monoisotopic (exact) mass is 472 g/mol. The second kappa shape index (κ2) is 10.3. The minimum Gasteiger partial charge on any atom is -0.389 e. The molecule has 2 fully saturated rings. The molecule has 1 saturated heterocycles. The molecule has 1 saturated carbocycles. The summed E-state index contributed by atoms with van der Waals surface area (Å²) in [5, 5.41) is 18.0. The number of aliphatic hydroxyl groups excluding tert-OH is 1. The molecule has 0 radical (unpaired) electrons. The van der Waals surface area contributed by atoms with E-state index in [1.807, 2.05) is 0 Å². The third kappa shape index (κ3) is 5.61. The number of carbonyl (C=O) groups excluding carboxylic acids is 4. The van der Waals surface area contributed by atoms with E-state index in [0.29, 0.717) is 24.8 Å². The number of fused-ring (bicyclic) bond motifs is 1. The fraction of sp³-hybridized carbons (Fsp3) is 0.500. The molecule has 10 heteroatoms. The van der Waals surface area contributed by atoms with Crippen molar-refractivity contribution in [3.8, 4) is 0 Å². The Hall–Kier alpha value is -3.27. The van der Waals surface area contributed by atoms with Crippen LogP contribution in [0.15, 0.2) is 24.3 Å². The number of aromatic nitrogens is 1. The molecule has 34 heavy (non-hydrogen) atoms. The van der Waals surface area contributed by atoms with E-state index in [1.165, 1.54) is 12.1 Å². The number of carbonyl (C=O) groups is 4. The number of piperidine rings is 1. The van der Waals surface area contributed by atoms with Crippen molar-refractivity contribution in [2.45, 2.75) is 50.6 Å². The van der Waals surface area contributed by atoms with Crippen LogP contribution < -0.4 is 16.0 Å². The van der Waals surface area contributed by atoms with Crippen molar-refractivity contribution < 1.29 is 28.7 Å². The van der Waals surface area contributed by atoms with E-state index in [2.05, 4.69) is 20.9 Å². The summed E-state index contributed by atoms with van der Waals surface area (Å²) in [6.07, 6.45) is 3.74. The Balaban J connectivity index is 1.46. The van der Waals surface area contributed by atoms with E-state index in [0.717, 1.165) is 19.3 Å². The molecule has 0 bridgehead atoms. The smallest absolute Gasteiger partial charge is 0.268 e. The molecule has 5 N–H and O–H groups in total. The highest BCUT2D eigenvalue weighted by Gasteiger charge is 2.34. The Labute approximate surface area is 195 Å². The van der Waals surface area contributed by atoms with E-state index < -0.39 is 48.0 Å². The quantitative estimate of drug-likeness (QED) is 0.353. The highest BCUT2D eigenvalue weighted by Crippen LogP contribution is 2.33. The zero-order valence-corrected chi connectivity index (χ0v) is 18.7. The number of hydrogen-bond acceptors (Lipinski definition) is 5. The second-order valence-corrected chi connectivity index (χ2v) is 9.14. The van der Waals surface area contributed by atoms with Gasteiger partial charge in [-0.1, -0.05) is 25.0 Å². The van der Waals surface area contributed by atoms with Gasteiger partial charge in [0.25, 0.3) is 5.91 Å². The summed E-state index contributed by atoms with van der Waals surface area (Å²) in [5.41, 5.74) is 0.325. The van der Waals surface area contributed by atoms with Crippen LogP contribution in [-0.4, -0.2) is 58.8 Å². The van der Waals surface area contributed by atoms with Crippen LogP contribution in [-0.2, 0) is 14.4 Å². The zero-order chi connectivity index (χ0) is 24.2. The van der Waals surface area contributed by atoms with Crippen LogP contribution in [0.4, 0.5) is 4.39 Å². The minimum absolute atomic E-state index is 0.0857. The number of aromatic amines is 1. The van der Waals surface area contributed by atoms with E-state index in [9.17, 15) is 28.7 Å². The molecule has 1 aromatic carbocycles. The summed E-state index contributed by atoms with van der Waals surface area (Å²) in [6, 6.07) is 4.07. The standard InChI is InChI=1S/C24H29FN4O5/c25-16-5-1-3-14-10-19(27-21(14)16)24(34)29-18(9-13-6-7-13)23(33)28-17(20(31)12-30)11-15-4-2-8-26-22(15)32/h1,3,5,10,13,15,17-18,27,30H,2,4,6-9,11-12H2,(H,26,32)(H,28,33)(H,29,34)/t15-,17?,18?/m0/s1. The first kappa shape index (κ1) is 23.9. The SMILES string of the molecule is O=C(NC(CC1CC1)C(=O)NC(C[C@@H]1CCCNC1=O)C(=O)CO)c1cc2cccc(F)c2[nH]1. The molecule has 1 aromatic heterocycles. The van der Waals surface area contributed by atoms with Gasteiger partial charge in [-0.3, -0.25) is 19.2 Å². The van der Waals surface area contributed by atoms with Gasteiger partial charge < -0.3 is 26.0 Å². The highest BCUT2D eigenvalue weighted by atomic mass is 19.1. The van der Waals surface area contributed by atoms with Crippen molar-refractivity contribution in [2.75, 3.05) is 13.2 Å². The molecule has 2 aromatic rings. The number of para-hydroxylation sites is 1. The summed E-state index contributed by atoms with van der Waals surface area (Å²) in [6.45, 7) is -0.187. The largest absolute Gasteiger partial charge is 0.389 e. The Morgan fingerprint density at radius 2 is 1.91 bits per heavy atom. The van der Waals surface area contributed by atoms with Gasteiger partial charge in [0.2, 0.25) is 11.8 Å². The van der Waals surface area contributed by atoms with E-state index in [4.69, 9.17) is 0 Å². The van der Waals surface area contributed by atoms with Gasteiger partial charge in [-0.15, -0.1) is 0 Å². The highest BCUT2D eigenvalue weighted by molar-refractivity contribution is 6.01. The maximum absolute atomic E-state index is 14.0. The Kier molecular flexibility index (Phi) is 7.26. The predicted molar refractivity (Wildman–Crippen MR) is 121 cm³/mol. The Morgan fingerprint density at radius 1 is 1.12 bits per heavy atom. The van der Waals surface area contributed by atoms with Crippen LogP contribution in [0, 0.1) is 17.7 Å². The van der Waals surface area contributed by atoms with Gasteiger partial charge in [-0.25, -0.2) is 4.39 Å². The van der Waals surface area contributed by atoms with Crippen molar-refractivity contribution in [3.63, 3.8) is 0 Å². The molecule has 182 valence electrons. The van der Waals surface area contributed by atoms with Crippen LogP contribution >= 0.6 is 0 Å². The van der Waals surface area contributed by atoms with Gasteiger partial charge in [0.15, 0.2) is 5.78 Å². The number of ketones is 1. The van der Waals surface area contributed by atoms with Crippen LogP contribution in [0.25, 0.3) is 10.9 Å². The van der Waals surface area contributed by atoms with Crippen LogP contribution in [0.1, 0.15) is 49.0 Å². The van der Waals surface area contributed by atoms with Gasteiger partial charge in [-0.05, 0) is 43.7 Å². The first-order valence-corrected chi connectivity index (χ1v) is 11.7. The summed E-state index contributed by atoms with van der Waals surface area (Å²) in [4.78, 5) is 53.2. The van der Waals surface area contributed by atoms with Crippen LogP contribution in [0.3, 0.4) is 0 Å². The maximum Gasteiger partial charge on any atom is 0.268 e. The number of aliphatic hydroxyl groups is 1. The van der Waals surface area contributed by atoms with Gasteiger partial charge in [0.05, 0.1) is 11.6 Å². The molecule has 4 rings (SSSR count). The van der Waals surface area contributed by atoms with E-state index in [1.54, 1.807) is 12.1 Å². The Morgan fingerprint density at radius 3 is 2.59 bits per heavy atom. The third-order valence-electron chi connectivity index (χ3n) is 6.52. The molecule has 2 unspecified atom stereocenters. The van der Waals surface area contributed by atoms with E-state index >= 15 is 0 Å². The first-order valence-electron chi connectivity index (χ1n) is 11.7. The lowest BCUT2D eigenvalue weighted by atomic mass is 9.90. The Bertz CT molecular complexity index is 1100. The van der Waals surface area contributed by atoms with Crippen molar-refractivity contribution in [1.29, 1.82) is 0 Å². The molecule has 1 aliphatic heterocycles. The van der Waals surface area contributed by atoms with Crippen molar-refractivity contribution >= 4 is 34.4 Å². The molecule has 2 aliphatic rings. The van der Waals surface area contributed by atoms with Gasteiger partial charge >= 0.3 is 0 Å². The van der Waals surface area contributed by atoms with Crippen molar-refractivity contribution in [1.82, 2.24) is 20.9 Å². The topological polar surface area (TPSA) is 140 Å². The number of halogens is 1. The molecule has 1 aliphatic carbocycles.